The van der Waals surface area contributed by atoms with Gasteiger partial charge in [-0.1, -0.05) is 28.9 Å². The van der Waals surface area contributed by atoms with Crippen molar-refractivity contribution in [2.75, 3.05) is 11.9 Å². The molecule has 18 heavy (non-hydrogen) atoms. The van der Waals surface area contributed by atoms with Crippen molar-refractivity contribution >= 4 is 21.8 Å². The van der Waals surface area contributed by atoms with Gasteiger partial charge in [-0.15, -0.1) is 0 Å². The molecule has 4 nitrogen and oxygen atoms in total. The molecule has 0 bridgehead atoms. The summed E-state index contributed by atoms with van der Waals surface area (Å²) >= 11 is 3.42. The molecule has 1 aromatic carbocycles. The van der Waals surface area contributed by atoms with E-state index in [2.05, 4.69) is 22.9 Å². The molecule has 2 rings (SSSR count). The highest BCUT2D eigenvalue weighted by molar-refractivity contribution is 9.09. The van der Waals surface area contributed by atoms with Gasteiger partial charge in [-0.25, -0.2) is 0 Å². The Morgan fingerprint density at radius 1 is 1.44 bits per heavy atom. The van der Waals surface area contributed by atoms with Crippen molar-refractivity contribution in [1.82, 2.24) is 4.90 Å². The Labute approximate surface area is 114 Å². The van der Waals surface area contributed by atoms with Crippen LogP contribution in [0.2, 0.25) is 0 Å². The second-order valence-corrected chi connectivity index (χ2v) is 5.30. The summed E-state index contributed by atoms with van der Waals surface area (Å²) < 4.78 is 0. The maximum Gasteiger partial charge on any atom is 0.261 e. The first-order valence-electron chi connectivity index (χ1n) is 5.94. The van der Waals surface area contributed by atoms with Gasteiger partial charge in [0.1, 0.15) is 17.1 Å². The van der Waals surface area contributed by atoms with E-state index in [1.165, 1.54) is 18.2 Å². The number of carbonyl (C=O) groups is 1. The first-order chi connectivity index (χ1) is 8.56. The Hall–Kier alpha value is -1.23. The standard InChI is InChI=1S/C13H16BrNO3/c1-8-5-6-15(9(8)7-14)13(18)12-10(16)3-2-4-11(12)17/h2-4,8-9,16-17H,5-7H2,1H3. The van der Waals surface area contributed by atoms with Crippen molar-refractivity contribution in [2.24, 2.45) is 5.92 Å². The third-order valence-corrected chi connectivity index (χ3v) is 4.20. The van der Waals surface area contributed by atoms with Crippen molar-refractivity contribution in [3.8, 4) is 11.5 Å². The number of likely N-dealkylation sites (tertiary alicyclic amines) is 1. The summed E-state index contributed by atoms with van der Waals surface area (Å²) in [5.74, 6) is -0.235. The highest BCUT2D eigenvalue weighted by atomic mass is 79.9. The van der Waals surface area contributed by atoms with Crippen LogP contribution in [0.25, 0.3) is 0 Å². The lowest BCUT2D eigenvalue weighted by Crippen LogP contribution is -2.38. The van der Waals surface area contributed by atoms with E-state index in [4.69, 9.17) is 0 Å². The van der Waals surface area contributed by atoms with E-state index in [-0.39, 0.29) is 29.0 Å². The summed E-state index contributed by atoms with van der Waals surface area (Å²) in [4.78, 5) is 14.1. The second-order valence-electron chi connectivity index (χ2n) is 4.66. The molecule has 0 aliphatic carbocycles. The lowest BCUT2D eigenvalue weighted by molar-refractivity contribution is 0.0732. The average molecular weight is 314 g/mol. The third kappa shape index (κ3) is 2.19. The number of phenolic OH excluding ortho intramolecular Hbond substituents is 2. The molecule has 0 aromatic heterocycles. The number of aromatic hydroxyl groups is 2. The quantitative estimate of drug-likeness (QED) is 0.824. The molecule has 1 amide bonds. The highest BCUT2D eigenvalue weighted by Gasteiger charge is 2.35. The normalized spacial score (nSPS) is 23.3. The van der Waals surface area contributed by atoms with Crippen LogP contribution in [0, 0.1) is 5.92 Å². The molecule has 0 spiro atoms. The molecule has 1 aliphatic heterocycles. The number of nitrogens with zero attached hydrogens (tertiary/aromatic N) is 1. The van der Waals surface area contributed by atoms with Crippen LogP contribution in [0.5, 0.6) is 11.5 Å². The van der Waals surface area contributed by atoms with Crippen molar-refractivity contribution in [2.45, 2.75) is 19.4 Å². The lowest BCUT2D eigenvalue weighted by Gasteiger charge is -2.25. The van der Waals surface area contributed by atoms with Crippen molar-refractivity contribution < 1.29 is 15.0 Å². The van der Waals surface area contributed by atoms with Gasteiger partial charge in [0.2, 0.25) is 0 Å². The maximum absolute atomic E-state index is 12.4. The summed E-state index contributed by atoms with van der Waals surface area (Å²) in [6, 6.07) is 4.44. The number of rotatable bonds is 2. The molecule has 1 saturated heterocycles. The van der Waals surface area contributed by atoms with Gasteiger partial charge in [0.25, 0.3) is 5.91 Å². The van der Waals surface area contributed by atoms with Gasteiger partial charge in [-0.3, -0.25) is 4.79 Å². The van der Waals surface area contributed by atoms with Crippen LogP contribution in [0.3, 0.4) is 0 Å². The fourth-order valence-corrected chi connectivity index (χ4v) is 3.37. The number of hydrogen-bond acceptors (Lipinski definition) is 3. The van der Waals surface area contributed by atoms with E-state index in [0.29, 0.717) is 17.8 Å². The fraction of sp³-hybridized carbons (Fsp3) is 0.462. The number of carbonyl (C=O) groups excluding carboxylic acids is 1. The second kappa shape index (κ2) is 5.18. The van der Waals surface area contributed by atoms with Crippen LogP contribution in [-0.4, -0.2) is 38.9 Å². The Bertz CT molecular complexity index is 443. The van der Waals surface area contributed by atoms with Crippen LogP contribution in [0.15, 0.2) is 18.2 Å². The molecule has 2 atom stereocenters. The fourth-order valence-electron chi connectivity index (χ4n) is 2.39. The molecule has 5 heteroatoms. The summed E-state index contributed by atoms with van der Waals surface area (Å²) in [5.41, 5.74) is -0.00227. The summed E-state index contributed by atoms with van der Waals surface area (Å²) in [7, 11) is 0. The van der Waals surface area contributed by atoms with Crippen LogP contribution in [0.1, 0.15) is 23.7 Å². The topological polar surface area (TPSA) is 60.8 Å². The largest absolute Gasteiger partial charge is 0.507 e. The molecule has 1 aromatic rings. The number of hydrogen-bond donors (Lipinski definition) is 2. The Kier molecular flexibility index (Phi) is 3.80. The molecule has 1 heterocycles. The lowest BCUT2D eigenvalue weighted by atomic mass is 10.0. The third-order valence-electron chi connectivity index (χ3n) is 3.54. The van der Waals surface area contributed by atoms with E-state index in [9.17, 15) is 15.0 Å². The Morgan fingerprint density at radius 2 is 2.06 bits per heavy atom. The van der Waals surface area contributed by atoms with E-state index in [0.717, 1.165) is 6.42 Å². The number of halogens is 1. The van der Waals surface area contributed by atoms with Gasteiger partial charge in [-0.2, -0.15) is 0 Å². The minimum atomic E-state index is -0.306. The van der Waals surface area contributed by atoms with Gasteiger partial charge >= 0.3 is 0 Å². The zero-order valence-electron chi connectivity index (χ0n) is 10.1. The zero-order valence-corrected chi connectivity index (χ0v) is 11.7. The van der Waals surface area contributed by atoms with Gasteiger partial charge in [0.15, 0.2) is 0 Å². The van der Waals surface area contributed by atoms with Crippen LogP contribution < -0.4 is 0 Å². The zero-order chi connectivity index (χ0) is 13.3. The van der Waals surface area contributed by atoms with E-state index in [1.54, 1.807) is 4.90 Å². The van der Waals surface area contributed by atoms with E-state index in [1.807, 2.05) is 0 Å². The van der Waals surface area contributed by atoms with Gasteiger partial charge in [-0.05, 0) is 24.5 Å². The molecule has 1 aliphatic rings. The van der Waals surface area contributed by atoms with Gasteiger partial charge in [0.05, 0.1) is 0 Å². The summed E-state index contributed by atoms with van der Waals surface area (Å²) in [6.07, 6.45) is 0.941. The average Bonchev–Trinajstić information content (AvgIpc) is 2.69. The minimum Gasteiger partial charge on any atom is -0.507 e. The van der Waals surface area contributed by atoms with Crippen LogP contribution >= 0.6 is 15.9 Å². The number of amides is 1. The predicted octanol–water partition coefficient (Wildman–Crippen LogP) is 2.34. The highest BCUT2D eigenvalue weighted by Crippen LogP contribution is 2.32. The predicted molar refractivity (Wildman–Crippen MR) is 72.2 cm³/mol. The van der Waals surface area contributed by atoms with Gasteiger partial charge < -0.3 is 15.1 Å². The van der Waals surface area contributed by atoms with Crippen molar-refractivity contribution in [3.05, 3.63) is 23.8 Å². The molecule has 98 valence electrons. The minimum absolute atomic E-state index is 0.00227. The van der Waals surface area contributed by atoms with E-state index >= 15 is 0 Å². The number of benzene rings is 1. The van der Waals surface area contributed by atoms with Crippen LogP contribution in [-0.2, 0) is 0 Å². The van der Waals surface area contributed by atoms with E-state index < -0.39 is 0 Å². The number of alkyl halides is 1. The molecular formula is C13H16BrNO3. The summed E-state index contributed by atoms with van der Waals surface area (Å²) in [5, 5.41) is 20.2. The molecule has 2 N–H and O–H groups in total. The monoisotopic (exact) mass is 313 g/mol. The Morgan fingerprint density at radius 3 is 2.61 bits per heavy atom. The van der Waals surface area contributed by atoms with Crippen molar-refractivity contribution in [1.29, 1.82) is 0 Å². The Balaban J connectivity index is 2.32. The first kappa shape index (κ1) is 13.2. The SMILES string of the molecule is CC1CCN(C(=O)c2c(O)cccc2O)C1CBr. The van der Waals surface area contributed by atoms with Crippen molar-refractivity contribution in [3.63, 3.8) is 0 Å². The van der Waals surface area contributed by atoms with Crippen LogP contribution in [0.4, 0.5) is 0 Å². The van der Waals surface area contributed by atoms with Gasteiger partial charge in [0, 0.05) is 17.9 Å². The number of phenols is 2. The molecular weight excluding hydrogens is 298 g/mol. The molecule has 1 fully saturated rings. The smallest absolute Gasteiger partial charge is 0.261 e. The molecule has 0 radical (unpaired) electrons. The first-order valence-corrected chi connectivity index (χ1v) is 7.06. The summed E-state index contributed by atoms with van der Waals surface area (Å²) in [6.45, 7) is 2.76. The molecule has 0 saturated carbocycles. The maximum atomic E-state index is 12.4. The molecule has 2 unspecified atom stereocenters.